The number of anilines is 1. The first-order valence-electron chi connectivity index (χ1n) is 9.15. The molecule has 0 bridgehead atoms. The smallest absolute Gasteiger partial charge is 0.138 e. The predicted molar refractivity (Wildman–Crippen MR) is 102 cm³/mol. The van der Waals surface area contributed by atoms with Crippen LogP contribution in [0.25, 0.3) is 10.2 Å². The van der Waals surface area contributed by atoms with E-state index in [1.54, 1.807) is 6.33 Å². The Morgan fingerprint density at radius 3 is 2.62 bits per heavy atom. The number of nitrogens with zero attached hydrogens (tertiary/aromatic N) is 3. The third kappa shape index (κ3) is 2.72. The summed E-state index contributed by atoms with van der Waals surface area (Å²) in [5, 5.41) is 5.07. The molecule has 1 N–H and O–H groups in total. The van der Waals surface area contributed by atoms with Crippen molar-refractivity contribution in [3.63, 3.8) is 0 Å². The lowest BCUT2D eigenvalue weighted by Gasteiger charge is -2.33. The van der Waals surface area contributed by atoms with E-state index in [-0.39, 0.29) is 5.41 Å². The molecule has 0 unspecified atom stereocenters. The van der Waals surface area contributed by atoms with Gasteiger partial charge in [0, 0.05) is 17.0 Å². The second-order valence-corrected chi connectivity index (χ2v) is 9.38. The van der Waals surface area contributed by atoms with Crippen LogP contribution in [0.4, 0.5) is 5.82 Å². The van der Waals surface area contributed by atoms with Crippen molar-refractivity contribution >= 4 is 27.4 Å². The lowest BCUT2D eigenvalue weighted by Crippen LogP contribution is -2.36. The molecule has 1 saturated carbocycles. The summed E-state index contributed by atoms with van der Waals surface area (Å²) >= 11 is 1.87. The molecule has 4 rings (SSSR count). The van der Waals surface area contributed by atoms with Gasteiger partial charge < -0.3 is 10.2 Å². The molecule has 2 aromatic rings. The summed E-state index contributed by atoms with van der Waals surface area (Å²) in [7, 11) is 4.40. The van der Waals surface area contributed by atoms with E-state index in [1.807, 2.05) is 11.3 Å². The first-order valence-corrected chi connectivity index (χ1v) is 9.97. The third-order valence-corrected chi connectivity index (χ3v) is 7.14. The number of aromatic nitrogens is 2. The number of hydrogen-bond acceptors (Lipinski definition) is 5. The lowest BCUT2D eigenvalue weighted by atomic mass is 9.86. The van der Waals surface area contributed by atoms with E-state index in [2.05, 4.69) is 48.1 Å². The van der Waals surface area contributed by atoms with Crippen LogP contribution in [0.2, 0.25) is 0 Å². The zero-order valence-corrected chi connectivity index (χ0v) is 16.0. The maximum atomic E-state index is 4.64. The van der Waals surface area contributed by atoms with Gasteiger partial charge in [-0.25, -0.2) is 9.97 Å². The molecule has 0 aromatic carbocycles. The van der Waals surface area contributed by atoms with E-state index < -0.39 is 0 Å². The maximum absolute atomic E-state index is 4.64. The van der Waals surface area contributed by atoms with Crippen molar-refractivity contribution < 1.29 is 0 Å². The molecular formula is C19H28N4S. The molecule has 0 saturated heterocycles. The topological polar surface area (TPSA) is 41.0 Å². The van der Waals surface area contributed by atoms with Gasteiger partial charge >= 0.3 is 0 Å². The normalized spacial score (nSPS) is 26.0. The second-order valence-electron chi connectivity index (χ2n) is 8.30. The van der Waals surface area contributed by atoms with Crippen LogP contribution in [0.5, 0.6) is 0 Å². The Labute approximate surface area is 148 Å². The zero-order chi connectivity index (χ0) is 16.9. The largest absolute Gasteiger partial charge is 0.367 e. The van der Waals surface area contributed by atoms with E-state index >= 15 is 0 Å². The van der Waals surface area contributed by atoms with Crippen molar-refractivity contribution in [3.05, 3.63) is 16.8 Å². The van der Waals surface area contributed by atoms with E-state index in [0.29, 0.717) is 6.04 Å². The number of nitrogens with one attached hydrogen (secondary N) is 1. The molecule has 0 atom stereocenters. The number of thiophene rings is 1. The van der Waals surface area contributed by atoms with Crippen molar-refractivity contribution in [2.75, 3.05) is 19.4 Å². The van der Waals surface area contributed by atoms with E-state index in [9.17, 15) is 0 Å². The summed E-state index contributed by atoms with van der Waals surface area (Å²) in [5.41, 5.74) is 1.75. The first kappa shape index (κ1) is 16.3. The van der Waals surface area contributed by atoms with Gasteiger partial charge in [-0.3, -0.25) is 0 Å². The SMILES string of the molecule is CN(C)[C@H]1CC[C@H](Nc2ncnc3sc4c(c23)C(C)(C)CC4)CC1. The van der Waals surface area contributed by atoms with Gasteiger partial charge in [0.25, 0.3) is 0 Å². The van der Waals surface area contributed by atoms with Crippen LogP contribution in [0, 0.1) is 0 Å². The van der Waals surface area contributed by atoms with Gasteiger partial charge in [0.2, 0.25) is 0 Å². The summed E-state index contributed by atoms with van der Waals surface area (Å²) in [6.07, 6.45) is 9.16. The van der Waals surface area contributed by atoms with E-state index in [1.165, 1.54) is 54.4 Å². The van der Waals surface area contributed by atoms with Crippen molar-refractivity contribution in [1.29, 1.82) is 0 Å². The Morgan fingerprint density at radius 2 is 1.92 bits per heavy atom. The Morgan fingerprint density at radius 1 is 1.17 bits per heavy atom. The molecule has 130 valence electrons. The van der Waals surface area contributed by atoms with Crippen LogP contribution in [-0.4, -0.2) is 41.0 Å². The summed E-state index contributed by atoms with van der Waals surface area (Å²) < 4.78 is 0. The molecule has 5 heteroatoms. The van der Waals surface area contributed by atoms with Gasteiger partial charge in [-0.1, -0.05) is 13.8 Å². The molecule has 1 fully saturated rings. The summed E-state index contributed by atoms with van der Waals surface area (Å²) in [4.78, 5) is 14.3. The van der Waals surface area contributed by atoms with Crippen molar-refractivity contribution in [2.24, 2.45) is 0 Å². The number of rotatable bonds is 3. The van der Waals surface area contributed by atoms with Crippen LogP contribution in [0.1, 0.15) is 56.4 Å². The average Bonchev–Trinajstić information content (AvgIpc) is 3.06. The minimum absolute atomic E-state index is 0.247. The van der Waals surface area contributed by atoms with Gasteiger partial charge in [-0.2, -0.15) is 0 Å². The fraction of sp³-hybridized carbons (Fsp3) is 0.684. The molecule has 0 spiro atoms. The Hall–Kier alpha value is -1.20. The van der Waals surface area contributed by atoms with Crippen LogP contribution in [0.3, 0.4) is 0 Å². The van der Waals surface area contributed by atoms with Crippen molar-refractivity contribution in [3.8, 4) is 0 Å². The van der Waals surface area contributed by atoms with Gasteiger partial charge in [-0.15, -0.1) is 11.3 Å². The Balaban J connectivity index is 1.62. The Kier molecular flexibility index (Phi) is 4.04. The molecular weight excluding hydrogens is 316 g/mol. The number of aryl methyl sites for hydroxylation is 1. The Bertz CT molecular complexity index is 741. The first-order chi connectivity index (χ1) is 11.5. The van der Waals surface area contributed by atoms with Crippen LogP contribution in [0.15, 0.2) is 6.33 Å². The molecule has 0 amide bonds. The molecule has 2 aliphatic rings. The number of fused-ring (bicyclic) bond motifs is 3. The van der Waals surface area contributed by atoms with Crippen molar-refractivity contribution in [2.45, 2.75) is 69.9 Å². The fourth-order valence-electron chi connectivity index (χ4n) is 4.46. The van der Waals surface area contributed by atoms with E-state index in [4.69, 9.17) is 0 Å². The van der Waals surface area contributed by atoms with Gasteiger partial charge in [0.15, 0.2) is 0 Å². The number of hydrogen-bond donors (Lipinski definition) is 1. The molecule has 4 nitrogen and oxygen atoms in total. The molecule has 0 aliphatic heterocycles. The predicted octanol–water partition coefficient (Wildman–Crippen LogP) is 4.20. The molecule has 0 radical (unpaired) electrons. The molecule has 2 aliphatic carbocycles. The van der Waals surface area contributed by atoms with Gasteiger partial charge in [0.1, 0.15) is 17.0 Å². The quantitative estimate of drug-likeness (QED) is 0.906. The van der Waals surface area contributed by atoms with Gasteiger partial charge in [-0.05, 0) is 63.6 Å². The highest BCUT2D eigenvalue weighted by molar-refractivity contribution is 7.19. The fourth-order valence-corrected chi connectivity index (χ4v) is 5.78. The minimum Gasteiger partial charge on any atom is -0.367 e. The molecule has 24 heavy (non-hydrogen) atoms. The average molecular weight is 345 g/mol. The summed E-state index contributed by atoms with van der Waals surface area (Å²) in [6.45, 7) is 4.73. The highest BCUT2D eigenvalue weighted by Gasteiger charge is 2.35. The molecule has 2 aromatic heterocycles. The zero-order valence-electron chi connectivity index (χ0n) is 15.2. The summed E-state index contributed by atoms with van der Waals surface area (Å²) in [6, 6.07) is 1.28. The monoisotopic (exact) mass is 344 g/mol. The lowest BCUT2D eigenvalue weighted by molar-refractivity contribution is 0.221. The van der Waals surface area contributed by atoms with Crippen LogP contribution in [-0.2, 0) is 11.8 Å². The highest BCUT2D eigenvalue weighted by Crippen LogP contribution is 2.48. The van der Waals surface area contributed by atoms with Crippen LogP contribution < -0.4 is 5.32 Å². The standard InChI is InChI=1S/C19H28N4S/c1-19(2)10-9-14-16(19)15-17(20-11-21-18(15)24-14)22-12-5-7-13(8-6-12)23(3)4/h11-13H,5-10H2,1-4H3,(H,20,21,22)/t12-,13-. The highest BCUT2D eigenvalue weighted by atomic mass is 32.1. The summed E-state index contributed by atoms with van der Waals surface area (Å²) in [5.74, 6) is 1.07. The second kappa shape index (κ2) is 5.95. The third-order valence-electron chi connectivity index (χ3n) is 5.98. The minimum atomic E-state index is 0.247. The molecule has 2 heterocycles. The van der Waals surface area contributed by atoms with Crippen molar-refractivity contribution in [1.82, 2.24) is 14.9 Å². The van der Waals surface area contributed by atoms with Gasteiger partial charge in [0.05, 0.1) is 5.39 Å². The van der Waals surface area contributed by atoms with E-state index in [0.717, 1.165) is 16.7 Å². The van der Waals surface area contributed by atoms with Crippen LogP contribution >= 0.6 is 11.3 Å². The maximum Gasteiger partial charge on any atom is 0.138 e.